The summed E-state index contributed by atoms with van der Waals surface area (Å²) in [5.41, 5.74) is 1.66. The van der Waals surface area contributed by atoms with Gasteiger partial charge in [-0.15, -0.1) is 0 Å². The molecule has 1 aromatic carbocycles. The van der Waals surface area contributed by atoms with E-state index in [2.05, 4.69) is 5.10 Å². The Morgan fingerprint density at radius 3 is 2.55 bits per heavy atom. The van der Waals surface area contributed by atoms with E-state index in [9.17, 15) is 4.79 Å². The van der Waals surface area contributed by atoms with Gasteiger partial charge in [0.15, 0.2) is 11.5 Å². The topological polar surface area (TPSA) is 56.6 Å². The van der Waals surface area contributed by atoms with Crippen LogP contribution in [0.1, 0.15) is 16.1 Å². The highest BCUT2D eigenvalue weighted by Gasteiger charge is 2.15. The molecule has 0 N–H and O–H groups in total. The second-order valence-electron chi connectivity index (χ2n) is 5.01. The molecule has 1 heterocycles. The van der Waals surface area contributed by atoms with Crippen LogP contribution in [0.3, 0.4) is 0 Å². The summed E-state index contributed by atoms with van der Waals surface area (Å²) in [5.74, 6) is 1.35. The number of likely N-dealkylation sites (N-methyl/N-ethyl adjacent to an activating group) is 1. The fourth-order valence-corrected chi connectivity index (χ4v) is 2.21. The van der Waals surface area contributed by atoms with Crippen molar-refractivity contribution in [3.05, 3.63) is 41.7 Å². The number of hydrogen-bond acceptors (Lipinski definition) is 4. The van der Waals surface area contributed by atoms with E-state index in [1.807, 2.05) is 18.2 Å². The zero-order valence-corrected chi connectivity index (χ0v) is 13.4. The summed E-state index contributed by atoms with van der Waals surface area (Å²) in [6.45, 7) is 0.611. The van der Waals surface area contributed by atoms with Crippen LogP contribution in [0.15, 0.2) is 30.5 Å². The molecule has 0 bridgehead atoms. The number of ether oxygens (including phenoxy) is 2. The first-order valence-corrected chi connectivity index (χ1v) is 7.01. The van der Waals surface area contributed by atoms with Crippen LogP contribution in [-0.2, 0) is 13.5 Å². The van der Waals surface area contributed by atoms with Gasteiger partial charge in [-0.25, -0.2) is 0 Å². The molecule has 0 atom stereocenters. The molecule has 6 nitrogen and oxygen atoms in total. The van der Waals surface area contributed by atoms with Crippen LogP contribution in [0.5, 0.6) is 11.5 Å². The maximum absolute atomic E-state index is 12.3. The number of rotatable bonds is 6. The van der Waals surface area contributed by atoms with Crippen molar-refractivity contribution in [3.63, 3.8) is 0 Å². The molecule has 2 aromatic rings. The number of benzene rings is 1. The average molecular weight is 303 g/mol. The van der Waals surface area contributed by atoms with Gasteiger partial charge in [-0.05, 0) is 30.2 Å². The number of methoxy groups -OCH3 is 2. The molecule has 0 aliphatic rings. The third kappa shape index (κ3) is 3.39. The largest absolute Gasteiger partial charge is 0.493 e. The van der Waals surface area contributed by atoms with Crippen LogP contribution in [0, 0.1) is 0 Å². The summed E-state index contributed by atoms with van der Waals surface area (Å²) in [4.78, 5) is 14.0. The second-order valence-corrected chi connectivity index (χ2v) is 5.01. The Bertz CT molecular complexity index is 652. The molecule has 0 aliphatic heterocycles. The van der Waals surface area contributed by atoms with Crippen LogP contribution in [-0.4, -0.2) is 48.4 Å². The lowest BCUT2D eigenvalue weighted by Crippen LogP contribution is -2.30. The highest BCUT2D eigenvalue weighted by Crippen LogP contribution is 2.27. The first-order valence-electron chi connectivity index (χ1n) is 7.01. The third-order valence-corrected chi connectivity index (χ3v) is 3.57. The molecule has 0 unspecified atom stereocenters. The lowest BCUT2D eigenvalue weighted by molar-refractivity contribution is 0.0786. The van der Waals surface area contributed by atoms with Crippen LogP contribution in [0.25, 0.3) is 0 Å². The monoisotopic (exact) mass is 303 g/mol. The van der Waals surface area contributed by atoms with E-state index in [1.54, 1.807) is 50.2 Å². The van der Waals surface area contributed by atoms with E-state index < -0.39 is 0 Å². The van der Waals surface area contributed by atoms with Crippen molar-refractivity contribution in [2.75, 3.05) is 27.8 Å². The van der Waals surface area contributed by atoms with Gasteiger partial charge in [-0.3, -0.25) is 9.48 Å². The number of carbonyl (C=O) groups is 1. The fourth-order valence-electron chi connectivity index (χ4n) is 2.21. The van der Waals surface area contributed by atoms with Crippen molar-refractivity contribution in [1.29, 1.82) is 0 Å². The molecule has 0 saturated heterocycles. The van der Waals surface area contributed by atoms with Gasteiger partial charge in [0.05, 0.1) is 14.2 Å². The van der Waals surface area contributed by atoms with Gasteiger partial charge in [0, 0.05) is 26.8 Å². The predicted octanol–water partition coefficient (Wildman–Crippen LogP) is 1.75. The molecular formula is C16H21N3O3. The first kappa shape index (κ1) is 15.9. The highest BCUT2D eigenvalue weighted by atomic mass is 16.5. The maximum atomic E-state index is 12.3. The Labute approximate surface area is 130 Å². The standard InChI is InChI=1S/C16H21N3O3/c1-18(16(20)13-7-9-17-19(13)2)10-8-12-5-6-14(21-3)15(11-12)22-4/h5-7,9,11H,8,10H2,1-4H3. The predicted molar refractivity (Wildman–Crippen MR) is 83.4 cm³/mol. The molecular weight excluding hydrogens is 282 g/mol. The average Bonchev–Trinajstić information content (AvgIpc) is 2.97. The van der Waals surface area contributed by atoms with Gasteiger partial charge >= 0.3 is 0 Å². The SMILES string of the molecule is COc1ccc(CCN(C)C(=O)c2ccnn2C)cc1OC. The molecule has 118 valence electrons. The molecule has 0 saturated carbocycles. The Balaban J connectivity index is 2.00. The molecule has 0 fully saturated rings. The molecule has 2 rings (SSSR count). The van der Waals surface area contributed by atoms with E-state index >= 15 is 0 Å². The van der Waals surface area contributed by atoms with Gasteiger partial charge in [0.2, 0.25) is 0 Å². The van der Waals surface area contributed by atoms with Gasteiger partial charge in [0.25, 0.3) is 5.91 Å². The van der Waals surface area contributed by atoms with Crippen molar-refractivity contribution >= 4 is 5.91 Å². The molecule has 22 heavy (non-hydrogen) atoms. The van der Waals surface area contributed by atoms with E-state index in [0.717, 1.165) is 12.0 Å². The van der Waals surface area contributed by atoms with Gasteiger partial charge in [-0.2, -0.15) is 5.10 Å². The minimum Gasteiger partial charge on any atom is -0.493 e. The Morgan fingerprint density at radius 2 is 1.95 bits per heavy atom. The minimum absolute atomic E-state index is 0.0412. The summed E-state index contributed by atoms with van der Waals surface area (Å²) in [5, 5.41) is 4.02. The van der Waals surface area contributed by atoms with Gasteiger partial charge in [0.1, 0.15) is 5.69 Å². The molecule has 1 amide bonds. The lowest BCUT2D eigenvalue weighted by Gasteiger charge is -2.17. The molecule has 0 aliphatic carbocycles. The maximum Gasteiger partial charge on any atom is 0.271 e. The van der Waals surface area contributed by atoms with Crippen molar-refractivity contribution < 1.29 is 14.3 Å². The Hall–Kier alpha value is -2.50. The summed E-state index contributed by atoms with van der Waals surface area (Å²) in [6.07, 6.45) is 2.36. The fraction of sp³-hybridized carbons (Fsp3) is 0.375. The van der Waals surface area contributed by atoms with Crippen LogP contribution >= 0.6 is 0 Å². The highest BCUT2D eigenvalue weighted by molar-refractivity contribution is 5.92. The number of aryl methyl sites for hydroxylation is 1. The Kier molecular flexibility index (Phi) is 5.04. The number of amides is 1. The molecule has 1 aromatic heterocycles. The number of aromatic nitrogens is 2. The zero-order chi connectivity index (χ0) is 16.1. The van der Waals surface area contributed by atoms with E-state index in [1.165, 1.54) is 0 Å². The molecule has 0 spiro atoms. The smallest absolute Gasteiger partial charge is 0.271 e. The normalized spacial score (nSPS) is 10.4. The van der Waals surface area contributed by atoms with Crippen molar-refractivity contribution in [1.82, 2.24) is 14.7 Å². The summed E-state index contributed by atoms with van der Waals surface area (Å²) >= 11 is 0. The van der Waals surface area contributed by atoms with E-state index in [4.69, 9.17) is 9.47 Å². The third-order valence-electron chi connectivity index (χ3n) is 3.57. The summed E-state index contributed by atoms with van der Waals surface area (Å²) < 4.78 is 12.1. The Morgan fingerprint density at radius 1 is 1.23 bits per heavy atom. The first-order chi connectivity index (χ1) is 10.6. The van der Waals surface area contributed by atoms with Crippen LogP contribution in [0.4, 0.5) is 0 Å². The van der Waals surface area contributed by atoms with E-state index in [-0.39, 0.29) is 5.91 Å². The minimum atomic E-state index is -0.0412. The quantitative estimate of drug-likeness (QED) is 0.816. The number of carbonyl (C=O) groups excluding carboxylic acids is 1. The van der Waals surface area contributed by atoms with Crippen molar-refractivity contribution in [3.8, 4) is 11.5 Å². The van der Waals surface area contributed by atoms with Crippen LogP contribution in [0.2, 0.25) is 0 Å². The summed E-state index contributed by atoms with van der Waals surface area (Å²) in [7, 11) is 6.77. The van der Waals surface area contributed by atoms with E-state index in [0.29, 0.717) is 23.7 Å². The second kappa shape index (κ2) is 6.98. The van der Waals surface area contributed by atoms with Gasteiger partial charge in [-0.1, -0.05) is 6.07 Å². The lowest BCUT2D eigenvalue weighted by atomic mass is 10.1. The molecule has 6 heteroatoms. The zero-order valence-electron chi connectivity index (χ0n) is 13.4. The molecule has 0 radical (unpaired) electrons. The van der Waals surface area contributed by atoms with Crippen molar-refractivity contribution in [2.24, 2.45) is 7.05 Å². The van der Waals surface area contributed by atoms with Crippen LogP contribution < -0.4 is 9.47 Å². The summed E-state index contributed by atoms with van der Waals surface area (Å²) in [6, 6.07) is 7.50. The van der Waals surface area contributed by atoms with Crippen molar-refractivity contribution in [2.45, 2.75) is 6.42 Å². The number of hydrogen-bond donors (Lipinski definition) is 0. The van der Waals surface area contributed by atoms with Gasteiger partial charge < -0.3 is 14.4 Å². The number of nitrogens with zero attached hydrogens (tertiary/aromatic N) is 3.